The van der Waals surface area contributed by atoms with Crippen LogP contribution in [0.5, 0.6) is 5.88 Å². The third-order valence-electron chi connectivity index (χ3n) is 4.59. The van der Waals surface area contributed by atoms with Gasteiger partial charge in [-0.25, -0.2) is 4.98 Å². The van der Waals surface area contributed by atoms with Crippen LogP contribution in [0.3, 0.4) is 0 Å². The number of likely N-dealkylation sites (tertiary alicyclic amines) is 1. The lowest BCUT2D eigenvalue weighted by Gasteiger charge is -2.35. The Morgan fingerprint density at radius 1 is 1.21 bits per heavy atom. The lowest BCUT2D eigenvalue weighted by Crippen LogP contribution is -2.44. The van der Waals surface area contributed by atoms with E-state index < -0.39 is 17.7 Å². The molecule has 1 fully saturated rings. The molecule has 0 aliphatic carbocycles. The van der Waals surface area contributed by atoms with Crippen LogP contribution < -0.4 is 15.8 Å². The summed E-state index contributed by atoms with van der Waals surface area (Å²) < 4.78 is 5.07. The molecule has 3 N–H and O–H groups in total. The number of methoxy groups -OCH3 is 1. The molecule has 3 amide bonds. The van der Waals surface area contributed by atoms with Crippen LogP contribution in [-0.2, 0) is 9.59 Å². The Bertz CT molecular complexity index is 884. The van der Waals surface area contributed by atoms with Gasteiger partial charge in [0.2, 0.25) is 11.8 Å². The zero-order chi connectivity index (χ0) is 20.1. The van der Waals surface area contributed by atoms with Crippen molar-refractivity contribution in [1.82, 2.24) is 14.9 Å². The topological polar surface area (TPSA) is 128 Å². The van der Waals surface area contributed by atoms with E-state index in [0.29, 0.717) is 12.4 Å². The largest absolute Gasteiger partial charge is 0.481 e. The maximum Gasteiger partial charge on any atom is 0.313 e. The predicted molar refractivity (Wildman–Crippen MR) is 100 cm³/mol. The van der Waals surface area contributed by atoms with E-state index in [0.717, 1.165) is 24.8 Å². The minimum atomic E-state index is -0.795. The second-order valence-electron chi connectivity index (χ2n) is 6.42. The minimum Gasteiger partial charge on any atom is -0.481 e. The Morgan fingerprint density at radius 2 is 2.04 bits per heavy atom. The number of amides is 3. The van der Waals surface area contributed by atoms with Crippen molar-refractivity contribution >= 4 is 23.4 Å². The molecule has 28 heavy (non-hydrogen) atoms. The number of nitrogens with two attached hydrogens (primary N) is 1. The van der Waals surface area contributed by atoms with Crippen molar-refractivity contribution in [3.8, 4) is 5.88 Å². The number of piperidine rings is 1. The number of aromatic nitrogens is 2. The van der Waals surface area contributed by atoms with E-state index in [4.69, 9.17) is 10.5 Å². The summed E-state index contributed by atoms with van der Waals surface area (Å²) in [6, 6.07) is 4.72. The van der Waals surface area contributed by atoms with E-state index in [-0.39, 0.29) is 17.3 Å². The van der Waals surface area contributed by atoms with Gasteiger partial charge in [0, 0.05) is 25.0 Å². The van der Waals surface area contributed by atoms with Crippen molar-refractivity contribution in [2.24, 2.45) is 5.73 Å². The summed E-state index contributed by atoms with van der Waals surface area (Å²) in [5, 5.41) is 2.49. The lowest BCUT2D eigenvalue weighted by atomic mass is 9.96. The molecule has 1 atom stereocenters. The number of carbonyl (C=O) groups is 3. The number of hydrogen-bond acceptors (Lipinski definition) is 6. The molecule has 9 heteroatoms. The zero-order valence-corrected chi connectivity index (χ0v) is 15.4. The first kappa shape index (κ1) is 19.3. The van der Waals surface area contributed by atoms with Crippen LogP contribution in [0.15, 0.2) is 36.8 Å². The predicted octanol–water partition coefficient (Wildman–Crippen LogP) is 1.28. The van der Waals surface area contributed by atoms with Gasteiger partial charge in [0.25, 0.3) is 0 Å². The maximum absolute atomic E-state index is 12.8. The summed E-state index contributed by atoms with van der Waals surface area (Å²) >= 11 is 0. The standard InChI is InChI=1S/C19H21N5O4/c1-28-16-6-5-12(10-22-16)15-4-2-3-7-24(15)19(27)18(26)23-14-8-13(17(20)25)9-21-11-14/h5-6,8-11,15H,2-4,7H2,1H3,(H2,20,25)(H,23,26)/t15-/m0/s1. The number of rotatable bonds is 4. The van der Waals surface area contributed by atoms with E-state index in [9.17, 15) is 14.4 Å². The Hall–Kier alpha value is -3.49. The Kier molecular flexibility index (Phi) is 5.83. The van der Waals surface area contributed by atoms with E-state index >= 15 is 0 Å². The number of hydrogen-bond donors (Lipinski definition) is 2. The second kappa shape index (κ2) is 8.47. The molecule has 0 spiro atoms. The van der Waals surface area contributed by atoms with E-state index in [2.05, 4.69) is 15.3 Å². The van der Waals surface area contributed by atoms with Crippen molar-refractivity contribution in [1.29, 1.82) is 0 Å². The fraction of sp³-hybridized carbons (Fsp3) is 0.316. The Labute approximate surface area is 161 Å². The smallest absolute Gasteiger partial charge is 0.313 e. The fourth-order valence-corrected chi connectivity index (χ4v) is 3.19. The van der Waals surface area contributed by atoms with Crippen LogP contribution in [0.25, 0.3) is 0 Å². The van der Waals surface area contributed by atoms with Gasteiger partial charge in [-0.05, 0) is 30.9 Å². The van der Waals surface area contributed by atoms with E-state index in [1.54, 1.807) is 17.2 Å². The average Bonchev–Trinajstić information content (AvgIpc) is 2.73. The Morgan fingerprint density at radius 3 is 2.71 bits per heavy atom. The van der Waals surface area contributed by atoms with Crippen molar-refractivity contribution < 1.29 is 19.1 Å². The third kappa shape index (κ3) is 4.25. The minimum absolute atomic E-state index is 0.144. The normalized spacial score (nSPS) is 16.3. The molecule has 9 nitrogen and oxygen atoms in total. The Balaban J connectivity index is 1.75. The summed E-state index contributed by atoms with van der Waals surface area (Å²) in [5.74, 6) is -1.63. The monoisotopic (exact) mass is 383 g/mol. The molecule has 146 valence electrons. The van der Waals surface area contributed by atoms with Crippen LogP contribution in [0.2, 0.25) is 0 Å². The zero-order valence-electron chi connectivity index (χ0n) is 15.4. The number of primary amides is 1. The first-order chi connectivity index (χ1) is 13.5. The third-order valence-corrected chi connectivity index (χ3v) is 4.59. The van der Waals surface area contributed by atoms with Gasteiger partial charge in [-0.2, -0.15) is 0 Å². The molecule has 1 aliphatic heterocycles. The highest BCUT2D eigenvalue weighted by atomic mass is 16.5. The summed E-state index contributed by atoms with van der Waals surface area (Å²) in [4.78, 5) is 46.1. The summed E-state index contributed by atoms with van der Waals surface area (Å²) in [6.07, 6.45) is 6.80. The quantitative estimate of drug-likeness (QED) is 0.766. The van der Waals surface area contributed by atoms with Gasteiger partial charge in [0.15, 0.2) is 0 Å². The molecular weight excluding hydrogens is 362 g/mol. The number of pyridine rings is 2. The van der Waals surface area contributed by atoms with E-state index in [1.165, 1.54) is 25.6 Å². The molecule has 3 heterocycles. The highest BCUT2D eigenvalue weighted by molar-refractivity contribution is 6.39. The van der Waals surface area contributed by atoms with Gasteiger partial charge in [-0.1, -0.05) is 6.07 Å². The summed E-state index contributed by atoms with van der Waals surface area (Å²) in [5.41, 5.74) is 6.43. The number of nitrogens with one attached hydrogen (secondary N) is 1. The fourth-order valence-electron chi connectivity index (χ4n) is 3.19. The maximum atomic E-state index is 12.8. The lowest BCUT2D eigenvalue weighted by molar-refractivity contribution is -0.145. The molecule has 2 aromatic rings. The van der Waals surface area contributed by atoms with Crippen molar-refractivity contribution in [3.63, 3.8) is 0 Å². The molecule has 0 unspecified atom stereocenters. The molecule has 3 rings (SSSR count). The van der Waals surface area contributed by atoms with Crippen LogP contribution in [-0.4, -0.2) is 46.2 Å². The summed E-state index contributed by atoms with van der Waals surface area (Å²) in [7, 11) is 1.53. The number of anilines is 1. The highest BCUT2D eigenvalue weighted by Gasteiger charge is 2.32. The van der Waals surface area contributed by atoms with Crippen LogP contribution >= 0.6 is 0 Å². The van der Waals surface area contributed by atoms with E-state index in [1.807, 2.05) is 6.07 Å². The molecule has 0 aromatic carbocycles. The highest BCUT2D eigenvalue weighted by Crippen LogP contribution is 2.31. The van der Waals surface area contributed by atoms with Crippen molar-refractivity contribution in [2.45, 2.75) is 25.3 Å². The molecule has 2 aromatic heterocycles. The van der Waals surface area contributed by atoms with Crippen LogP contribution in [0.4, 0.5) is 5.69 Å². The second-order valence-corrected chi connectivity index (χ2v) is 6.42. The van der Waals surface area contributed by atoms with Gasteiger partial charge < -0.3 is 20.7 Å². The van der Waals surface area contributed by atoms with Gasteiger partial charge in [0.1, 0.15) is 0 Å². The van der Waals surface area contributed by atoms with Gasteiger partial charge in [-0.3, -0.25) is 19.4 Å². The van der Waals surface area contributed by atoms with Gasteiger partial charge in [0.05, 0.1) is 30.6 Å². The van der Waals surface area contributed by atoms with Crippen molar-refractivity contribution in [2.75, 3.05) is 19.0 Å². The summed E-state index contributed by atoms with van der Waals surface area (Å²) in [6.45, 7) is 0.475. The van der Waals surface area contributed by atoms with Gasteiger partial charge >= 0.3 is 11.8 Å². The first-order valence-electron chi connectivity index (χ1n) is 8.86. The SMILES string of the molecule is COc1ccc([C@@H]2CCCCN2C(=O)C(=O)Nc2cncc(C(N)=O)c2)cn1. The molecule has 1 saturated heterocycles. The number of ether oxygens (including phenoxy) is 1. The van der Waals surface area contributed by atoms with Crippen LogP contribution in [0, 0.1) is 0 Å². The number of carbonyl (C=O) groups excluding carboxylic acids is 3. The molecular formula is C19H21N5O4. The molecule has 0 bridgehead atoms. The number of nitrogens with zero attached hydrogens (tertiary/aromatic N) is 3. The molecule has 0 radical (unpaired) electrons. The van der Waals surface area contributed by atoms with Crippen molar-refractivity contribution in [3.05, 3.63) is 47.9 Å². The van der Waals surface area contributed by atoms with Gasteiger partial charge in [-0.15, -0.1) is 0 Å². The molecule has 1 aliphatic rings. The molecule has 0 saturated carbocycles. The van der Waals surface area contributed by atoms with Crippen LogP contribution in [0.1, 0.15) is 41.2 Å². The first-order valence-corrected chi connectivity index (χ1v) is 8.86. The average molecular weight is 383 g/mol.